The molecule has 2 N–H and O–H groups in total. The minimum Gasteiger partial charge on any atom is -0.377 e. The van der Waals surface area contributed by atoms with Crippen LogP contribution >= 0.6 is 0 Å². The Morgan fingerprint density at radius 3 is 2.36 bits per heavy atom. The van der Waals surface area contributed by atoms with Crippen LogP contribution in [-0.2, 0) is 4.74 Å². The molecule has 0 spiro atoms. The van der Waals surface area contributed by atoms with Crippen molar-refractivity contribution in [2.45, 2.75) is 39.2 Å². The smallest absolute Gasteiger partial charge is 0.0797 e. The van der Waals surface area contributed by atoms with Crippen molar-refractivity contribution in [3.8, 4) is 0 Å². The second-order valence-electron chi connectivity index (χ2n) is 3.41. The van der Waals surface area contributed by atoms with E-state index in [9.17, 15) is 0 Å². The van der Waals surface area contributed by atoms with Crippen LogP contribution in [0.4, 0.5) is 0 Å². The van der Waals surface area contributed by atoms with E-state index in [-0.39, 0.29) is 5.60 Å². The SMILES string of the molecule is CCCC(C)C(C)(CN)OC. The molecule has 0 aromatic rings. The highest BCUT2D eigenvalue weighted by molar-refractivity contribution is 4.81. The summed E-state index contributed by atoms with van der Waals surface area (Å²) in [6.45, 7) is 7.06. The van der Waals surface area contributed by atoms with Crippen LogP contribution in [0.3, 0.4) is 0 Å². The maximum atomic E-state index is 5.62. The second-order valence-corrected chi connectivity index (χ2v) is 3.41. The summed E-state index contributed by atoms with van der Waals surface area (Å²) in [6.07, 6.45) is 2.38. The number of hydrogen-bond acceptors (Lipinski definition) is 2. The average molecular weight is 159 g/mol. The van der Waals surface area contributed by atoms with Crippen molar-refractivity contribution in [3.63, 3.8) is 0 Å². The molecule has 0 aliphatic heterocycles. The Hall–Kier alpha value is -0.0800. The summed E-state index contributed by atoms with van der Waals surface area (Å²) in [5, 5.41) is 0. The van der Waals surface area contributed by atoms with Crippen molar-refractivity contribution >= 4 is 0 Å². The summed E-state index contributed by atoms with van der Waals surface area (Å²) in [7, 11) is 1.74. The standard InChI is InChI=1S/C9H21NO/c1-5-6-8(2)9(3,7-10)11-4/h8H,5-7,10H2,1-4H3. The molecule has 0 rings (SSSR count). The first-order valence-electron chi connectivity index (χ1n) is 4.36. The van der Waals surface area contributed by atoms with Gasteiger partial charge in [0, 0.05) is 13.7 Å². The fourth-order valence-corrected chi connectivity index (χ4v) is 1.22. The molecule has 2 atom stereocenters. The maximum Gasteiger partial charge on any atom is 0.0797 e. The van der Waals surface area contributed by atoms with E-state index in [1.54, 1.807) is 7.11 Å². The van der Waals surface area contributed by atoms with Gasteiger partial charge in [0.05, 0.1) is 5.60 Å². The van der Waals surface area contributed by atoms with Crippen LogP contribution in [-0.4, -0.2) is 19.3 Å². The number of hydrogen-bond donors (Lipinski definition) is 1. The highest BCUT2D eigenvalue weighted by atomic mass is 16.5. The predicted molar refractivity (Wildman–Crippen MR) is 48.5 cm³/mol. The number of ether oxygens (including phenoxy) is 1. The summed E-state index contributed by atoms with van der Waals surface area (Å²) >= 11 is 0. The first kappa shape index (κ1) is 10.9. The molecule has 0 heterocycles. The molecule has 0 aliphatic rings. The van der Waals surface area contributed by atoms with Gasteiger partial charge in [-0.15, -0.1) is 0 Å². The third-order valence-electron chi connectivity index (χ3n) is 2.64. The van der Waals surface area contributed by atoms with Gasteiger partial charge in [0.15, 0.2) is 0 Å². The third kappa shape index (κ3) is 2.80. The fourth-order valence-electron chi connectivity index (χ4n) is 1.22. The van der Waals surface area contributed by atoms with Gasteiger partial charge in [-0.1, -0.05) is 20.3 Å². The zero-order valence-corrected chi connectivity index (χ0v) is 8.18. The van der Waals surface area contributed by atoms with Gasteiger partial charge in [-0.05, 0) is 19.3 Å². The molecule has 68 valence electrons. The van der Waals surface area contributed by atoms with Crippen LogP contribution in [0.15, 0.2) is 0 Å². The van der Waals surface area contributed by atoms with Crippen molar-refractivity contribution in [2.24, 2.45) is 11.7 Å². The van der Waals surface area contributed by atoms with Gasteiger partial charge in [-0.25, -0.2) is 0 Å². The van der Waals surface area contributed by atoms with Gasteiger partial charge in [-0.3, -0.25) is 0 Å². The van der Waals surface area contributed by atoms with Gasteiger partial charge in [0.2, 0.25) is 0 Å². The van der Waals surface area contributed by atoms with Gasteiger partial charge < -0.3 is 10.5 Å². The Morgan fingerprint density at radius 2 is 2.09 bits per heavy atom. The maximum absolute atomic E-state index is 5.62. The van der Waals surface area contributed by atoms with Crippen LogP contribution in [0.25, 0.3) is 0 Å². The van der Waals surface area contributed by atoms with E-state index in [1.165, 1.54) is 12.8 Å². The predicted octanol–water partition coefficient (Wildman–Crippen LogP) is 1.79. The molecular weight excluding hydrogens is 138 g/mol. The second kappa shape index (κ2) is 4.73. The van der Waals surface area contributed by atoms with E-state index >= 15 is 0 Å². The first-order valence-corrected chi connectivity index (χ1v) is 4.36. The summed E-state index contributed by atoms with van der Waals surface area (Å²) in [4.78, 5) is 0. The molecule has 0 amide bonds. The summed E-state index contributed by atoms with van der Waals surface area (Å²) in [5.74, 6) is 0.544. The lowest BCUT2D eigenvalue weighted by Crippen LogP contribution is -2.42. The highest BCUT2D eigenvalue weighted by Crippen LogP contribution is 2.23. The van der Waals surface area contributed by atoms with Crippen molar-refractivity contribution in [1.29, 1.82) is 0 Å². The molecule has 0 saturated carbocycles. The molecule has 2 unspecified atom stereocenters. The first-order chi connectivity index (χ1) is 5.10. The zero-order chi connectivity index (χ0) is 8.91. The lowest BCUT2D eigenvalue weighted by molar-refractivity contribution is -0.0326. The largest absolute Gasteiger partial charge is 0.377 e. The Balaban J connectivity index is 4.00. The van der Waals surface area contributed by atoms with Gasteiger partial charge in [0.1, 0.15) is 0 Å². The quantitative estimate of drug-likeness (QED) is 0.663. The lowest BCUT2D eigenvalue weighted by Gasteiger charge is -2.32. The number of nitrogens with two attached hydrogens (primary N) is 1. The molecule has 0 aliphatic carbocycles. The summed E-state index contributed by atoms with van der Waals surface area (Å²) in [6, 6.07) is 0. The molecule has 0 bridgehead atoms. The van der Waals surface area contributed by atoms with Crippen molar-refractivity contribution in [2.75, 3.05) is 13.7 Å². The average Bonchev–Trinajstić information content (AvgIpc) is 2.03. The van der Waals surface area contributed by atoms with E-state index in [0.29, 0.717) is 12.5 Å². The van der Waals surface area contributed by atoms with Crippen LogP contribution in [0.1, 0.15) is 33.6 Å². The number of rotatable bonds is 5. The number of methoxy groups -OCH3 is 1. The molecule has 11 heavy (non-hydrogen) atoms. The molecule has 2 nitrogen and oxygen atoms in total. The molecule has 0 radical (unpaired) electrons. The Morgan fingerprint density at radius 1 is 1.55 bits per heavy atom. The Bertz CT molecular complexity index is 99.7. The molecule has 0 saturated heterocycles. The van der Waals surface area contributed by atoms with Crippen molar-refractivity contribution < 1.29 is 4.74 Å². The zero-order valence-electron chi connectivity index (χ0n) is 8.18. The van der Waals surface area contributed by atoms with E-state index in [1.807, 2.05) is 0 Å². The molecule has 2 heteroatoms. The van der Waals surface area contributed by atoms with Gasteiger partial charge in [0.25, 0.3) is 0 Å². The topological polar surface area (TPSA) is 35.2 Å². The monoisotopic (exact) mass is 159 g/mol. The summed E-state index contributed by atoms with van der Waals surface area (Å²) in [5.41, 5.74) is 5.49. The Kier molecular flexibility index (Phi) is 4.69. The van der Waals surface area contributed by atoms with Crippen LogP contribution in [0.5, 0.6) is 0 Å². The van der Waals surface area contributed by atoms with Crippen LogP contribution in [0, 0.1) is 5.92 Å². The summed E-state index contributed by atoms with van der Waals surface area (Å²) < 4.78 is 5.38. The minimum absolute atomic E-state index is 0.129. The van der Waals surface area contributed by atoms with Gasteiger partial charge >= 0.3 is 0 Å². The van der Waals surface area contributed by atoms with Crippen molar-refractivity contribution in [3.05, 3.63) is 0 Å². The minimum atomic E-state index is -0.129. The lowest BCUT2D eigenvalue weighted by atomic mass is 9.87. The third-order valence-corrected chi connectivity index (χ3v) is 2.64. The highest BCUT2D eigenvalue weighted by Gasteiger charge is 2.28. The van der Waals surface area contributed by atoms with Crippen LogP contribution < -0.4 is 5.73 Å². The van der Waals surface area contributed by atoms with E-state index in [4.69, 9.17) is 10.5 Å². The van der Waals surface area contributed by atoms with Crippen LogP contribution in [0.2, 0.25) is 0 Å². The normalized spacial score (nSPS) is 19.4. The van der Waals surface area contributed by atoms with Crippen molar-refractivity contribution in [1.82, 2.24) is 0 Å². The fraction of sp³-hybridized carbons (Fsp3) is 1.00. The van der Waals surface area contributed by atoms with E-state index in [0.717, 1.165) is 0 Å². The van der Waals surface area contributed by atoms with E-state index in [2.05, 4.69) is 20.8 Å². The molecule has 0 aromatic carbocycles. The molecule has 0 aromatic heterocycles. The van der Waals surface area contributed by atoms with Gasteiger partial charge in [-0.2, -0.15) is 0 Å². The molecular formula is C9H21NO. The molecule has 0 fully saturated rings. The Labute approximate surface area is 70.1 Å². The van der Waals surface area contributed by atoms with E-state index < -0.39 is 0 Å².